The van der Waals surface area contributed by atoms with Crippen LogP contribution < -0.4 is 5.32 Å². The van der Waals surface area contributed by atoms with Crippen LogP contribution >= 0.6 is 0 Å². The summed E-state index contributed by atoms with van der Waals surface area (Å²) in [6.45, 7) is 10.3. The molecule has 0 unspecified atom stereocenters. The molecule has 2 rings (SSSR count). The van der Waals surface area contributed by atoms with Gasteiger partial charge >= 0.3 is 0 Å². The minimum atomic E-state index is 0.879. The summed E-state index contributed by atoms with van der Waals surface area (Å²) in [5.41, 5.74) is 3.90. The molecule has 0 bridgehead atoms. The summed E-state index contributed by atoms with van der Waals surface area (Å²) in [7, 11) is 0. The summed E-state index contributed by atoms with van der Waals surface area (Å²) in [5, 5.41) is 3.50. The highest BCUT2D eigenvalue weighted by Gasteiger charge is 2.09. The second-order valence-corrected chi connectivity index (χ2v) is 4.70. The molecule has 0 aromatic heterocycles. The Balaban J connectivity index is 1.77. The zero-order valence-electron chi connectivity index (χ0n) is 10.8. The van der Waals surface area contributed by atoms with Gasteiger partial charge in [-0.3, -0.25) is 4.90 Å². The summed E-state index contributed by atoms with van der Waals surface area (Å²) in [6, 6.07) is 6.55. The van der Waals surface area contributed by atoms with Gasteiger partial charge in [0.15, 0.2) is 0 Å². The van der Waals surface area contributed by atoms with Crippen LogP contribution in [0.5, 0.6) is 0 Å². The van der Waals surface area contributed by atoms with Gasteiger partial charge < -0.3 is 10.1 Å². The topological polar surface area (TPSA) is 24.5 Å². The van der Waals surface area contributed by atoms with Crippen LogP contribution in [0.4, 0.5) is 5.69 Å². The Morgan fingerprint density at radius 3 is 2.71 bits per heavy atom. The van der Waals surface area contributed by atoms with Crippen LogP contribution in [-0.4, -0.2) is 44.3 Å². The number of benzene rings is 1. The van der Waals surface area contributed by atoms with E-state index in [4.69, 9.17) is 4.74 Å². The van der Waals surface area contributed by atoms with E-state index in [0.717, 1.165) is 39.4 Å². The number of hydrogen-bond acceptors (Lipinski definition) is 3. The average Bonchev–Trinajstić information content (AvgIpc) is 2.33. The number of morpholine rings is 1. The van der Waals surface area contributed by atoms with E-state index < -0.39 is 0 Å². The quantitative estimate of drug-likeness (QED) is 0.863. The highest BCUT2D eigenvalue weighted by atomic mass is 16.5. The van der Waals surface area contributed by atoms with Gasteiger partial charge in [0, 0.05) is 31.9 Å². The third kappa shape index (κ3) is 3.72. The first-order valence-corrected chi connectivity index (χ1v) is 6.37. The van der Waals surface area contributed by atoms with Gasteiger partial charge in [-0.2, -0.15) is 0 Å². The van der Waals surface area contributed by atoms with Gasteiger partial charge in [0.05, 0.1) is 13.2 Å². The van der Waals surface area contributed by atoms with Crippen molar-refractivity contribution in [2.75, 3.05) is 44.7 Å². The predicted octanol–water partition coefficient (Wildman–Crippen LogP) is 2.05. The summed E-state index contributed by atoms with van der Waals surface area (Å²) in [4.78, 5) is 2.44. The van der Waals surface area contributed by atoms with Crippen molar-refractivity contribution in [3.8, 4) is 0 Å². The van der Waals surface area contributed by atoms with Crippen LogP contribution in [0.15, 0.2) is 18.2 Å². The van der Waals surface area contributed by atoms with E-state index in [1.165, 1.54) is 16.8 Å². The number of nitrogens with one attached hydrogen (secondary N) is 1. The van der Waals surface area contributed by atoms with E-state index in [2.05, 4.69) is 42.3 Å². The number of rotatable bonds is 4. The van der Waals surface area contributed by atoms with Crippen molar-refractivity contribution in [1.82, 2.24) is 4.90 Å². The fourth-order valence-electron chi connectivity index (χ4n) is 2.19. The molecule has 0 atom stereocenters. The Labute approximate surface area is 104 Å². The first-order valence-electron chi connectivity index (χ1n) is 6.37. The maximum atomic E-state index is 5.33. The van der Waals surface area contributed by atoms with Crippen molar-refractivity contribution in [2.24, 2.45) is 0 Å². The molecule has 0 aliphatic carbocycles. The molecule has 1 aliphatic rings. The number of ether oxygens (including phenoxy) is 1. The van der Waals surface area contributed by atoms with Gasteiger partial charge in [-0.15, -0.1) is 0 Å². The molecule has 94 valence electrons. The minimum Gasteiger partial charge on any atom is -0.384 e. The fourth-order valence-corrected chi connectivity index (χ4v) is 2.19. The Bertz CT molecular complexity index is 359. The normalized spacial score (nSPS) is 17.1. The number of anilines is 1. The molecule has 1 heterocycles. The monoisotopic (exact) mass is 234 g/mol. The first-order chi connectivity index (χ1) is 8.25. The van der Waals surface area contributed by atoms with E-state index in [-0.39, 0.29) is 0 Å². The lowest BCUT2D eigenvalue weighted by atomic mass is 10.1. The van der Waals surface area contributed by atoms with Gasteiger partial charge in [0.25, 0.3) is 0 Å². The first kappa shape index (κ1) is 12.4. The molecule has 0 radical (unpaired) electrons. The van der Waals surface area contributed by atoms with Crippen LogP contribution in [0, 0.1) is 13.8 Å². The van der Waals surface area contributed by atoms with Crippen LogP contribution in [0.3, 0.4) is 0 Å². The molecular formula is C14H22N2O. The third-order valence-corrected chi connectivity index (χ3v) is 3.23. The molecule has 1 N–H and O–H groups in total. The molecule has 3 heteroatoms. The van der Waals surface area contributed by atoms with Crippen LogP contribution in [-0.2, 0) is 4.74 Å². The van der Waals surface area contributed by atoms with E-state index in [1.807, 2.05) is 0 Å². The SMILES string of the molecule is Cc1ccc(NCCN2CCOCC2)c(C)c1. The second kappa shape index (κ2) is 6.03. The maximum absolute atomic E-state index is 5.33. The molecule has 1 aromatic carbocycles. The summed E-state index contributed by atoms with van der Waals surface area (Å²) >= 11 is 0. The van der Waals surface area contributed by atoms with Crippen molar-refractivity contribution in [3.63, 3.8) is 0 Å². The molecule has 1 aliphatic heterocycles. The van der Waals surface area contributed by atoms with E-state index >= 15 is 0 Å². The lowest BCUT2D eigenvalue weighted by molar-refractivity contribution is 0.0398. The number of hydrogen-bond donors (Lipinski definition) is 1. The van der Waals surface area contributed by atoms with Crippen molar-refractivity contribution < 1.29 is 4.74 Å². The zero-order valence-corrected chi connectivity index (χ0v) is 10.8. The lowest BCUT2D eigenvalue weighted by Crippen LogP contribution is -2.39. The summed E-state index contributed by atoms with van der Waals surface area (Å²) in [6.07, 6.45) is 0. The van der Waals surface area contributed by atoms with Crippen molar-refractivity contribution in [1.29, 1.82) is 0 Å². The number of nitrogens with zero attached hydrogens (tertiary/aromatic N) is 1. The molecule has 1 aromatic rings. The van der Waals surface area contributed by atoms with E-state index in [1.54, 1.807) is 0 Å². The third-order valence-electron chi connectivity index (χ3n) is 3.23. The van der Waals surface area contributed by atoms with Gasteiger partial charge in [-0.1, -0.05) is 17.7 Å². The molecule has 17 heavy (non-hydrogen) atoms. The Morgan fingerprint density at radius 2 is 2.00 bits per heavy atom. The predicted molar refractivity (Wildman–Crippen MR) is 71.7 cm³/mol. The van der Waals surface area contributed by atoms with Crippen molar-refractivity contribution in [2.45, 2.75) is 13.8 Å². The smallest absolute Gasteiger partial charge is 0.0594 e. The average molecular weight is 234 g/mol. The van der Waals surface area contributed by atoms with Crippen LogP contribution in [0.2, 0.25) is 0 Å². The molecule has 1 fully saturated rings. The second-order valence-electron chi connectivity index (χ2n) is 4.70. The maximum Gasteiger partial charge on any atom is 0.0594 e. The van der Waals surface area contributed by atoms with Crippen molar-refractivity contribution in [3.05, 3.63) is 29.3 Å². The van der Waals surface area contributed by atoms with Gasteiger partial charge in [-0.05, 0) is 25.5 Å². The number of aryl methyl sites for hydroxylation is 2. The van der Waals surface area contributed by atoms with Gasteiger partial charge in [0.2, 0.25) is 0 Å². The lowest BCUT2D eigenvalue weighted by Gasteiger charge is -2.26. The highest BCUT2D eigenvalue weighted by molar-refractivity contribution is 5.51. The Kier molecular flexibility index (Phi) is 4.40. The van der Waals surface area contributed by atoms with Gasteiger partial charge in [0.1, 0.15) is 0 Å². The highest BCUT2D eigenvalue weighted by Crippen LogP contribution is 2.15. The van der Waals surface area contributed by atoms with Crippen molar-refractivity contribution >= 4 is 5.69 Å². The fraction of sp³-hybridized carbons (Fsp3) is 0.571. The molecule has 0 saturated carbocycles. The van der Waals surface area contributed by atoms with Crippen LogP contribution in [0.1, 0.15) is 11.1 Å². The molecule has 0 spiro atoms. The van der Waals surface area contributed by atoms with E-state index in [9.17, 15) is 0 Å². The molecule has 3 nitrogen and oxygen atoms in total. The van der Waals surface area contributed by atoms with E-state index in [0.29, 0.717) is 0 Å². The van der Waals surface area contributed by atoms with Crippen LogP contribution in [0.25, 0.3) is 0 Å². The summed E-state index contributed by atoms with van der Waals surface area (Å²) in [5.74, 6) is 0. The minimum absolute atomic E-state index is 0.879. The largest absolute Gasteiger partial charge is 0.384 e. The summed E-state index contributed by atoms with van der Waals surface area (Å²) < 4.78 is 5.33. The van der Waals surface area contributed by atoms with Gasteiger partial charge in [-0.25, -0.2) is 0 Å². The Hall–Kier alpha value is -1.06. The zero-order chi connectivity index (χ0) is 12.1. The molecule has 0 amide bonds. The standard InChI is InChI=1S/C14H22N2O/c1-12-3-4-14(13(2)11-12)15-5-6-16-7-9-17-10-8-16/h3-4,11,15H,5-10H2,1-2H3. The Morgan fingerprint density at radius 1 is 1.24 bits per heavy atom. The molecule has 1 saturated heterocycles. The molecular weight excluding hydrogens is 212 g/mol.